The first-order valence-corrected chi connectivity index (χ1v) is 6.85. The number of hydrogen-bond acceptors (Lipinski definition) is 1. The van der Waals surface area contributed by atoms with Crippen LogP contribution in [-0.2, 0) is 0 Å². The van der Waals surface area contributed by atoms with Crippen molar-refractivity contribution in [2.45, 2.75) is 33.1 Å². The summed E-state index contributed by atoms with van der Waals surface area (Å²) in [6.45, 7) is 4.34. The Morgan fingerprint density at radius 1 is 1.22 bits per heavy atom. The zero-order valence-corrected chi connectivity index (χ0v) is 11.5. The number of carbonyl (C=O) groups is 1. The van der Waals surface area contributed by atoms with Gasteiger partial charge in [-0.2, -0.15) is 0 Å². The van der Waals surface area contributed by atoms with Gasteiger partial charge in [0.05, 0.1) is 5.02 Å². The molecule has 0 spiro atoms. The van der Waals surface area contributed by atoms with Crippen molar-refractivity contribution in [1.82, 2.24) is 0 Å². The molecule has 0 saturated heterocycles. The van der Waals surface area contributed by atoms with Crippen LogP contribution in [0.2, 0.25) is 5.02 Å². The Bertz CT molecular complexity index is 448. The highest BCUT2D eigenvalue weighted by atomic mass is 35.5. The molecule has 1 aliphatic carbocycles. The van der Waals surface area contributed by atoms with Crippen LogP contribution in [0.1, 0.15) is 43.5 Å². The minimum atomic E-state index is -0.514. The number of hydrogen-bond donors (Lipinski definition) is 0. The molecule has 2 unspecified atom stereocenters. The summed E-state index contributed by atoms with van der Waals surface area (Å²) in [7, 11) is 0. The molecule has 0 heterocycles. The molecular formula is C15H18ClFO. The summed E-state index contributed by atoms with van der Waals surface area (Å²) in [5.41, 5.74) is 0.336. The van der Waals surface area contributed by atoms with Gasteiger partial charge in [0, 0.05) is 11.5 Å². The van der Waals surface area contributed by atoms with E-state index < -0.39 is 5.82 Å². The van der Waals surface area contributed by atoms with Crippen molar-refractivity contribution in [3.8, 4) is 0 Å². The molecular weight excluding hydrogens is 251 g/mol. The van der Waals surface area contributed by atoms with Gasteiger partial charge >= 0.3 is 0 Å². The average Bonchev–Trinajstić information content (AvgIpc) is 2.30. The first kappa shape index (κ1) is 13.5. The number of rotatable bonds is 2. The van der Waals surface area contributed by atoms with Gasteiger partial charge in [-0.25, -0.2) is 4.39 Å². The highest BCUT2D eigenvalue weighted by Crippen LogP contribution is 2.36. The third-order valence-electron chi connectivity index (χ3n) is 3.77. The van der Waals surface area contributed by atoms with Crippen LogP contribution in [0, 0.1) is 23.6 Å². The Morgan fingerprint density at radius 2 is 1.83 bits per heavy atom. The van der Waals surface area contributed by atoms with Gasteiger partial charge < -0.3 is 0 Å². The van der Waals surface area contributed by atoms with E-state index in [4.69, 9.17) is 11.6 Å². The molecule has 0 aliphatic heterocycles. The summed E-state index contributed by atoms with van der Waals surface area (Å²) < 4.78 is 13.4. The molecule has 18 heavy (non-hydrogen) atoms. The molecule has 1 nitrogen and oxygen atoms in total. The van der Waals surface area contributed by atoms with Crippen LogP contribution in [0.4, 0.5) is 4.39 Å². The Labute approximate surface area is 112 Å². The van der Waals surface area contributed by atoms with Crippen LogP contribution in [0.5, 0.6) is 0 Å². The highest BCUT2D eigenvalue weighted by Gasteiger charge is 2.30. The van der Waals surface area contributed by atoms with Crippen LogP contribution in [-0.4, -0.2) is 5.78 Å². The quantitative estimate of drug-likeness (QED) is 0.709. The largest absolute Gasteiger partial charge is 0.294 e. The smallest absolute Gasteiger partial charge is 0.167 e. The maximum Gasteiger partial charge on any atom is 0.167 e. The second-order valence-corrected chi connectivity index (χ2v) is 5.96. The minimum Gasteiger partial charge on any atom is -0.294 e. The summed E-state index contributed by atoms with van der Waals surface area (Å²) in [6, 6.07) is 4.45. The monoisotopic (exact) mass is 268 g/mol. The standard InChI is InChI=1S/C15H18ClFO/c1-9-6-10(2)8-11(7-9)15(18)12-4-3-5-13(17)14(12)16/h3-5,9-11H,6-8H2,1-2H3. The molecule has 0 amide bonds. The Kier molecular flexibility index (Phi) is 4.06. The molecule has 0 bridgehead atoms. The molecule has 3 heteroatoms. The van der Waals surface area contributed by atoms with Crippen molar-refractivity contribution in [3.05, 3.63) is 34.6 Å². The fourth-order valence-corrected chi connectivity index (χ4v) is 3.29. The lowest BCUT2D eigenvalue weighted by Crippen LogP contribution is -2.26. The van der Waals surface area contributed by atoms with Gasteiger partial charge in [-0.1, -0.05) is 31.5 Å². The van der Waals surface area contributed by atoms with Crippen LogP contribution in [0.3, 0.4) is 0 Å². The topological polar surface area (TPSA) is 17.1 Å². The zero-order valence-electron chi connectivity index (χ0n) is 10.7. The summed E-state index contributed by atoms with van der Waals surface area (Å²) in [5, 5.41) is -0.0339. The Morgan fingerprint density at radius 3 is 2.44 bits per heavy atom. The number of carbonyl (C=O) groups excluding carboxylic acids is 1. The summed E-state index contributed by atoms with van der Waals surface area (Å²) >= 11 is 5.88. The van der Waals surface area contributed by atoms with Crippen LogP contribution >= 0.6 is 11.6 Å². The molecule has 1 aromatic rings. The fraction of sp³-hybridized carbons (Fsp3) is 0.533. The molecule has 2 atom stereocenters. The normalized spacial score (nSPS) is 28.1. The summed E-state index contributed by atoms with van der Waals surface area (Å²) in [4.78, 5) is 12.4. The predicted octanol–water partition coefficient (Wildman–Crippen LogP) is 4.73. The third-order valence-corrected chi connectivity index (χ3v) is 4.15. The van der Waals surface area contributed by atoms with Crippen LogP contribution in [0.25, 0.3) is 0 Å². The molecule has 0 aromatic heterocycles. The number of Topliss-reactive ketones (excluding diaryl/α,β-unsaturated/α-hetero) is 1. The van der Waals surface area contributed by atoms with Crippen molar-refractivity contribution >= 4 is 17.4 Å². The van der Waals surface area contributed by atoms with E-state index in [1.165, 1.54) is 12.5 Å². The first-order chi connectivity index (χ1) is 8.49. The summed E-state index contributed by atoms with van der Waals surface area (Å²) in [6.07, 6.45) is 2.94. The van der Waals surface area contributed by atoms with Crippen molar-refractivity contribution in [3.63, 3.8) is 0 Å². The van der Waals surface area contributed by atoms with Crippen LogP contribution in [0.15, 0.2) is 18.2 Å². The highest BCUT2D eigenvalue weighted by molar-refractivity contribution is 6.34. The lowest BCUT2D eigenvalue weighted by atomic mass is 9.74. The van der Waals surface area contributed by atoms with E-state index in [9.17, 15) is 9.18 Å². The number of benzene rings is 1. The SMILES string of the molecule is CC1CC(C)CC(C(=O)c2cccc(F)c2Cl)C1. The van der Waals surface area contributed by atoms with Gasteiger partial charge in [-0.3, -0.25) is 4.79 Å². The molecule has 1 aliphatic rings. The van der Waals surface area contributed by atoms with Crippen molar-refractivity contribution in [2.75, 3.05) is 0 Å². The molecule has 1 saturated carbocycles. The van der Waals surface area contributed by atoms with E-state index in [1.54, 1.807) is 12.1 Å². The van der Waals surface area contributed by atoms with Crippen molar-refractivity contribution < 1.29 is 9.18 Å². The molecule has 2 rings (SSSR count). The Hall–Kier alpha value is -0.890. The maximum atomic E-state index is 13.4. The van der Waals surface area contributed by atoms with Crippen molar-refractivity contribution in [2.24, 2.45) is 17.8 Å². The minimum absolute atomic E-state index is 0.00194. The van der Waals surface area contributed by atoms with E-state index in [-0.39, 0.29) is 16.7 Å². The van der Waals surface area contributed by atoms with Gasteiger partial charge in [0.15, 0.2) is 5.78 Å². The second kappa shape index (κ2) is 5.40. The lowest BCUT2D eigenvalue weighted by Gasteiger charge is -2.30. The van der Waals surface area contributed by atoms with Gasteiger partial charge in [0.25, 0.3) is 0 Å². The lowest BCUT2D eigenvalue weighted by molar-refractivity contribution is 0.0836. The number of ketones is 1. The molecule has 0 radical (unpaired) electrons. The number of halogens is 2. The maximum absolute atomic E-state index is 13.4. The second-order valence-electron chi connectivity index (χ2n) is 5.58. The van der Waals surface area contributed by atoms with Gasteiger partial charge in [0.1, 0.15) is 5.82 Å². The van der Waals surface area contributed by atoms with Crippen LogP contribution < -0.4 is 0 Å². The first-order valence-electron chi connectivity index (χ1n) is 6.47. The van der Waals surface area contributed by atoms with Crippen molar-refractivity contribution in [1.29, 1.82) is 0 Å². The van der Waals surface area contributed by atoms with Gasteiger partial charge in [0.2, 0.25) is 0 Å². The third kappa shape index (κ3) is 2.74. The average molecular weight is 269 g/mol. The predicted molar refractivity (Wildman–Crippen MR) is 71.4 cm³/mol. The zero-order chi connectivity index (χ0) is 13.3. The summed E-state index contributed by atoms with van der Waals surface area (Å²) in [5.74, 6) is 0.574. The molecule has 1 fully saturated rings. The van der Waals surface area contributed by atoms with Gasteiger partial charge in [-0.05, 0) is 43.2 Å². The van der Waals surface area contributed by atoms with E-state index in [2.05, 4.69) is 13.8 Å². The molecule has 98 valence electrons. The van der Waals surface area contributed by atoms with E-state index in [1.807, 2.05) is 0 Å². The van der Waals surface area contributed by atoms with Gasteiger partial charge in [-0.15, -0.1) is 0 Å². The van der Waals surface area contributed by atoms with E-state index in [0.29, 0.717) is 17.4 Å². The molecule has 1 aromatic carbocycles. The van der Waals surface area contributed by atoms with E-state index >= 15 is 0 Å². The van der Waals surface area contributed by atoms with E-state index in [0.717, 1.165) is 12.8 Å². The fourth-order valence-electron chi connectivity index (χ4n) is 3.08. The Balaban J connectivity index is 2.23. The molecule has 0 N–H and O–H groups in total.